The summed E-state index contributed by atoms with van der Waals surface area (Å²) in [6, 6.07) is 24.0. The number of nitrogens with one attached hydrogen (secondary N) is 1. The Morgan fingerprint density at radius 2 is 1.11 bits per heavy atom. The first-order valence-electron chi connectivity index (χ1n) is 21.3. The van der Waals surface area contributed by atoms with Gasteiger partial charge in [-0.3, -0.25) is 5.43 Å². The van der Waals surface area contributed by atoms with Crippen molar-refractivity contribution in [2.75, 3.05) is 31.9 Å². The van der Waals surface area contributed by atoms with Crippen LogP contribution in [0.15, 0.2) is 171 Å². The van der Waals surface area contributed by atoms with Gasteiger partial charge in [0.1, 0.15) is 43.7 Å². The summed E-state index contributed by atoms with van der Waals surface area (Å²) in [7, 11) is 0. The van der Waals surface area contributed by atoms with Gasteiger partial charge in [-0.25, -0.2) is 38.5 Å². The van der Waals surface area contributed by atoms with Gasteiger partial charge in [0.05, 0.1) is 27.6 Å². The minimum absolute atomic E-state index is 0.0682. The normalized spacial score (nSPS) is 11.7. The van der Waals surface area contributed by atoms with Gasteiger partial charge < -0.3 is 37.9 Å². The average Bonchev–Trinajstić information content (AvgIpc) is 3.82. The predicted molar refractivity (Wildman–Crippen MR) is 267 cm³/mol. The number of thiazole rings is 1. The highest BCUT2D eigenvalue weighted by Gasteiger charge is 2.19. The van der Waals surface area contributed by atoms with Gasteiger partial charge in [-0.1, -0.05) is 80.6 Å². The first-order chi connectivity index (χ1) is 34.7. The molecule has 2 atom stereocenters. The van der Waals surface area contributed by atoms with E-state index in [9.17, 15) is 33.6 Å². The highest BCUT2D eigenvalue weighted by atomic mass is 32.1. The van der Waals surface area contributed by atoms with Gasteiger partial charge >= 0.3 is 41.8 Å². The van der Waals surface area contributed by atoms with Crippen molar-refractivity contribution in [2.45, 2.75) is 12.2 Å². The first kappa shape index (κ1) is 53.5. The number of hydrogen-bond donors (Lipinski definition) is 1. The maximum atomic E-state index is 13.4. The lowest BCUT2D eigenvalue weighted by atomic mass is 10.1. The third-order valence-electron chi connectivity index (χ3n) is 9.14. The minimum atomic E-state index is -1.09. The fraction of sp³-hybridized carbons (Fsp3) is 0.113. The molecule has 0 saturated heterocycles. The summed E-state index contributed by atoms with van der Waals surface area (Å²) in [6.45, 7) is 15.8. The molecule has 0 amide bonds. The lowest BCUT2D eigenvalue weighted by Crippen LogP contribution is -2.29. The molecule has 0 aliphatic carbocycles. The second-order valence-corrected chi connectivity index (χ2v) is 15.4. The van der Waals surface area contributed by atoms with E-state index in [-0.39, 0.29) is 53.8 Å². The van der Waals surface area contributed by atoms with Crippen LogP contribution in [0.3, 0.4) is 0 Å². The molecule has 1 aromatic heterocycles. The molecule has 18 nitrogen and oxygen atoms in total. The van der Waals surface area contributed by atoms with E-state index in [4.69, 9.17) is 37.9 Å². The Morgan fingerprint density at radius 1 is 0.597 bits per heavy atom. The first-order valence-corrected chi connectivity index (χ1v) is 22.1. The molecular formula is C53H45N3O15S. The van der Waals surface area contributed by atoms with Crippen LogP contribution in [0, 0.1) is 0 Å². The van der Waals surface area contributed by atoms with Crippen molar-refractivity contribution in [1.29, 1.82) is 0 Å². The number of fused-ring (bicyclic) bond motifs is 1. The number of carbonyl (C=O) groups excluding carboxylic acids is 7. The zero-order valence-corrected chi connectivity index (χ0v) is 39.1. The third kappa shape index (κ3) is 17.5. The molecule has 72 heavy (non-hydrogen) atoms. The minimum Gasteiger partial charge on any atom is -0.484 e. The Bertz CT molecular complexity index is 2900. The summed E-state index contributed by atoms with van der Waals surface area (Å²) in [4.78, 5) is 90.7. The highest BCUT2D eigenvalue weighted by molar-refractivity contribution is 7.22. The molecule has 0 spiro atoms. The molecule has 368 valence electrons. The number of hydrogen-bond acceptors (Lipinski definition) is 19. The van der Waals surface area contributed by atoms with Gasteiger partial charge in [0.15, 0.2) is 12.2 Å². The van der Waals surface area contributed by atoms with E-state index in [1.165, 1.54) is 84.3 Å². The monoisotopic (exact) mass is 995 g/mol. The maximum Gasteiger partial charge on any atom is 0.343 e. The van der Waals surface area contributed by atoms with E-state index in [1.807, 2.05) is 24.3 Å². The van der Waals surface area contributed by atoms with E-state index in [0.29, 0.717) is 16.3 Å². The number of aromatic nitrogens is 1. The highest BCUT2D eigenvalue weighted by Crippen LogP contribution is 2.27. The molecule has 0 saturated carbocycles. The smallest absolute Gasteiger partial charge is 0.343 e. The van der Waals surface area contributed by atoms with E-state index >= 15 is 0 Å². The molecule has 5 aromatic rings. The van der Waals surface area contributed by atoms with Crippen molar-refractivity contribution in [1.82, 2.24) is 4.98 Å². The number of anilines is 1. The van der Waals surface area contributed by atoms with Crippen molar-refractivity contribution in [2.24, 2.45) is 5.10 Å². The molecule has 0 fully saturated rings. The van der Waals surface area contributed by atoms with Crippen LogP contribution in [0.2, 0.25) is 0 Å². The van der Waals surface area contributed by atoms with Crippen LogP contribution in [0.4, 0.5) is 5.13 Å². The second-order valence-electron chi connectivity index (χ2n) is 14.3. The zero-order valence-electron chi connectivity index (χ0n) is 38.3. The maximum absolute atomic E-state index is 13.4. The number of allylic oxidation sites excluding steroid dienone is 1. The van der Waals surface area contributed by atoms with E-state index in [0.717, 1.165) is 34.5 Å². The Labute approximate surface area is 416 Å². The van der Waals surface area contributed by atoms with Gasteiger partial charge in [0, 0.05) is 35.9 Å². The summed E-state index contributed by atoms with van der Waals surface area (Å²) < 4.78 is 43.2. The van der Waals surface area contributed by atoms with Crippen LogP contribution in [0.25, 0.3) is 22.4 Å². The van der Waals surface area contributed by atoms with E-state index in [2.05, 4.69) is 48.4 Å². The molecule has 0 aliphatic heterocycles. The van der Waals surface area contributed by atoms with Gasteiger partial charge in [-0.2, -0.15) is 5.10 Å². The number of hydrazone groups is 1. The van der Waals surface area contributed by atoms with Gasteiger partial charge in [0.2, 0.25) is 5.13 Å². The van der Waals surface area contributed by atoms with Crippen molar-refractivity contribution < 1.29 is 71.5 Å². The van der Waals surface area contributed by atoms with Crippen LogP contribution < -0.4 is 14.9 Å². The standard InChI is InChI=1S/C53H45N3O15S/c1-6-34(5)68-41(30-64-46(57)7-2)31-66-49(60)26-18-36-16-22-38(23-17-36)52(63)71-44-25-24-40(28-39(44)29-54-56-53-55-43-12-10-11-13-45(43)72-53)70-51(62)37-20-14-35(15-21-37)19-27-50(61)67-33-42(69-48(59)9-4)32-65-47(58)8-3/h6-29,41-42H,1-5,30-33H2,(H,55,56)/b26-18+,27-19+,54-29+. The van der Waals surface area contributed by atoms with Crippen LogP contribution in [-0.4, -0.2) is 91.6 Å². The fourth-order valence-electron chi connectivity index (χ4n) is 5.60. The van der Waals surface area contributed by atoms with Crippen molar-refractivity contribution in [3.05, 3.63) is 194 Å². The SMILES string of the molecule is C=CC(=C)OC(COC(=O)C=C)COC(=O)/C=C/c1ccc(C(=O)Oc2ccc(OC(=O)c3ccc(/C=C/C(=O)OCC(COC(=O)C=C)OC(=O)C=C)cc3)cc2/C=N/Nc2nc3ccccc3s2)cc1. The predicted octanol–water partition coefficient (Wildman–Crippen LogP) is 7.93. The van der Waals surface area contributed by atoms with Crippen LogP contribution in [0.1, 0.15) is 37.4 Å². The molecule has 0 aliphatic rings. The lowest BCUT2D eigenvalue weighted by Gasteiger charge is -2.18. The van der Waals surface area contributed by atoms with E-state index in [1.54, 1.807) is 24.3 Å². The number of nitrogens with zero attached hydrogens (tertiary/aromatic N) is 2. The van der Waals surface area contributed by atoms with Crippen molar-refractivity contribution in [3.63, 3.8) is 0 Å². The molecule has 1 N–H and O–H groups in total. The van der Waals surface area contributed by atoms with E-state index < -0.39 is 60.6 Å². The number of carbonyl (C=O) groups is 7. The number of para-hydroxylation sites is 1. The summed E-state index contributed by atoms with van der Waals surface area (Å²) in [5.74, 6) is -4.89. The summed E-state index contributed by atoms with van der Waals surface area (Å²) in [5, 5.41) is 4.79. The van der Waals surface area contributed by atoms with Crippen LogP contribution in [-0.2, 0) is 52.4 Å². The summed E-state index contributed by atoms with van der Waals surface area (Å²) in [5.41, 5.74) is 5.28. The van der Waals surface area contributed by atoms with Crippen molar-refractivity contribution >= 4 is 86.8 Å². The zero-order chi connectivity index (χ0) is 51.8. The quantitative estimate of drug-likeness (QED) is 0.00810. The summed E-state index contributed by atoms with van der Waals surface area (Å²) in [6.07, 6.45) is 8.76. The molecule has 0 radical (unpaired) electrons. The summed E-state index contributed by atoms with van der Waals surface area (Å²) >= 11 is 1.37. The average molecular weight is 996 g/mol. The molecular weight excluding hydrogens is 951 g/mol. The molecule has 0 bridgehead atoms. The third-order valence-corrected chi connectivity index (χ3v) is 10.1. The van der Waals surface area contributed by atoms with Gasteiger partial charge in [-0.15, -0.1) is 0 Å². The van der Waals surface area contributed by atoms with Crippen LogP contribution >= 0.6 is 11.3 Å². The molecule has 4 aromatic carbocycles. The molecule has 5 rings (SSSR count). The Hall–Kier alpha value is -9.49. The van der Waals surface area contributed by atoms with Crippen LogP contribution in [0.5, 0.6) is 11.5 Å². The second kappa shape index (κ2) is 27.5. The largest absolute Gasteiger partial charge is 0.484 e. The Morgan fingerprint density at radius 3 is 1.64 bits per heavy atom. The number of esters is 7. The number of ether oxygens (including phenoxy) is 8. The topological polar surface area (TPSA) is 231 Å². The molecule has 19 heteroatoms. The fourth-order valence-corrected chi connectivity index (χ4v) is 6.41. The Kier molecular flexibility index (Phi) is 20.4. The number of rotatable bonds is 26. The Balaban J connectivity index is 1.22. The lowest BCUT2D eigenvalue weighted by molar-refractivity contribution is -0.160. The van der Waals surface area contributed by atoms with Crippen molar-refractivity contribution in [3.8, 4) is 11.5 Å². The van der Waals surface area contributed by atoms with Gasteiger partial charge in [-0.05, 0) is 84.0 Å². The molecule has 2 unspecified atom stereocenters. The number of benzene rings is 4. The molecule has 1 heterocycles. The van der Waals surface area contributed by atoms with Gasteiger partial charge in [0.25, 0.3) is 0 Å².